The Kier molecular flexibility index (Phi) is 5.68. The Hall–Kier alpha value is -2.81. The highest BCUT2D eigenvalue weighted by atomic mass is 19.1. The first-order valence-electron chi connectivity index (χ1n) is 11.8. The number of rotatable bonds is 6. The normalized spacial score (nSPS) is 23.0. The maximum absolute atomic E-state index is 14.1. The van der Waals surface area contributed by atoms with E-state index in [-0.39, 0.29) is 29.1 Å². The van der Waals surface area contributed by atoms with E-state index in [0.29, 0.717) is 29.9 Å². The smallest absolute Gasteiger partial charge is 0.282 e. The monoisotopic (exact) mass is 454 g/mol. The molecule has 3 aliphatic heterocycles. The van der Waals surface area contributed by atoms with Crippen molar-refractivity contribution in [1.29, 1.82) is 0 Å². The largest absolute Gasteiger partial charge is 0.434 e. The minimum Gasteiger partial charge on any atom is -0.434 e. The number of carbonyl (C=O) groups is 1. The zero-order chi connectivity index (χ0) is 23.2. The van der Waals surface area contributed by atoms with E-state index in [4.69, 9.17) is 4.74 Å². The van der Waals surface area contributed by atoms with Crippen molar-refractivity contribution in [1.82, 2.24) is 25.4 Å². The summed E-state index contributed by atoms with van der Waals surface area (Å²) in [4.78, 5) is 21.4. The van der Waals surface area contributed by atoms with Crippen molar-refractivity contribution in [3.05, 3.63) is 35.9 Å². The molecule has 3 saturated heterocycles. The summed E-state index contributed by atoms with van der Waals surface area (Å²) in [5, 5.41) is 11.8. The topological polar surface area (TPSA) is 83.5 Å². The first-order valence-corrected chi connectivity index (χ1v) is 11.8. The molecule has 0 saturated carbocycles. The first kappa shape index (κ1) is 22.0. The number of carbonyl (C=O) groups excluding carboxylic acids is 1. The van der Waals surface area contributed by atoms with Crippen LogP contribution in [0.15, 0.2) is 24.5 Å². The molecule has 3 aliphatic rings. The molecule has 2 bridgehead atoms. The summed E-state index contributed by atoms with van der Waals surface area (Å²) in [6.45, 7) is 8.08. The number of halogens is 1. The predicted molar refractivity (Wildman–Crippen MR) is 122 cm³/mol. The van der Waals surface area contributed by atoms with Gasteiger partial charge in [-0.3, -0.25) is 4.79 Å². The van der Waals surface area contributed by atoms with Gasteiger partial charge < -0.3 is 19.9 Å². The van der Waals surface area contributed by atoms with Gasteiger partial charge in [0.05, 0.1) is 5.56 Å². The van der Waals surface area contributed by atoms with Gasteiger partial charge in [0.2, 0.25) is 0 Å². The molecule has 8 nitrogen and oxygen atoms in total. The van der Waals surface area contributed by atoms with Crippen molar-refractivity contribution in [2.45, 2.75) is 64.6 Å². The van der Waals surface area contributed by atoms with Crippen molar-refractivity contribution in [3.8, 4) is 11.6 Å². The molecule has 1 amide bonds. The molecule has 1 aromatic heterocycles. The van der Waals surface area contributed by atoms with Crippen molar-refractivity contribution in [2.24, 2.45) is 5.41 Å². The molecule has 176 valence electrons. The highest BCUT2D eigenvalue weighted by Gasteiger charge is 2.51. The maximum atomic E-state index is 14.1. The molecular weight excluding hydrogens is 423 g/mol. The van der Waals surface area contributed by atoms with Gasteiger partial charge >= 0.3 is 0 Å². The predicted octanol–water partition coefficient (Wildman–Crippen LogP) is 3.39. The van der Waals surface area contributed by atoms with Gasteiger partial charge in [-0.1, -0.05) is 0 Å². The lowest BCUT2D eigenvalue weighted by Crippen LogP contribution is -2.62. The number of nitrogens with zero attached hydrogens (tertiary/aromatic N) is 5. The third-order valence-electron chi connectivity index (χ3n) is 7.22. The number of hydrogen-bond acceptors (Lipinski definition) is 7. The maximum Gasteiger partial charge on any atom is 0.282 e. The number of benzene rings is 1. The van der Waals surface area contributed by atoms with E-state index >= 15 is 0 Å². The zero-order valence-electron chi connectivity index (χ0n) is 19.4. The molecule has 0 radical (unpaired) electrons. The molecule has 1 aromatic carbocycles. The number of piperidine rings is 1. The Balaban J connectivity index is 1.38. The third kappa shape index (κ3) is 4.14. The number of hydrogen-bond donors (Lipinski definition) is 1. The van der Waals surface area contributed by atoms with Crippen LogP contribution in [0, 0.1) is 11.2 Å². The van der Waals surface area contributed by atoms with E-state index < -0.39 is 5.82 Å². The summed E-state index contributed by atoms with van der Waals surface area (Å²) < 4.78 is 20.2. The summed E-state index contributed by atoms with van der Waals surface area (Å²) in [6, 6.07) is 5.20. The highest BCUT2D eigenvalue weighted by Crippen LogP contribution is 2.48. The minimum atomic E-state index is -0.492. The quantitative estimate of drug-likeness (QED) is 0.716. The molecule has 3 fully saturated rings. The van der Waals surface area contributed by atoms with E-state index in [1.165, 1.54) is 50.2 Å². The van der Waals surface area contributed by atoms with Crippen LogP contribution < -0.4 is 15.0 Å². The van der Waals surface area contributed by atoms with Gasteiger partial charge in [0, 0.05) is 43.2 Å². The number of nitrogens with one attached hydrogen (secondary N) is 1. The molecule has 1 spiro atoms. The van der Waals surface area contributed by atoms with Gasteiger partial charge in [0.15, 0.2) is 5.82 Å². The second-order valence-electron chi connectivity index (χ2n) is 9.92. The van der Waals surface area contributed by atoms with Gasteiger partial charge in [-0.25, -0.2) is 9.37 Å². The lowest BCUT2D eigenvalue weighted by atomic mass is 9.70. The summed E-state index contributed by atoms with van der Waals surface area (Å²) in [5.74, 6) is 0.318. The van der Waals surface area contributed by atoms with E-state index in [1.807, 2.05) is 20.8 Å². The molecule has 1 N–H and O–H groups in total. The second kappa shape index (κ2) is 8.52. The average molecular weight is 455 g/mol. The molecule has 9 heteroatoms. The fourth-order valence-corrected chi connectivity index (χ4v) is 5.83. The summed E-state index contributed by atoms with van der Waals surface area (Å²) in [7, 11) is 0. The summed E-state index contributed by atoms with van der Waals surface area (Å²) >= 11 is 0. The molecule has 4 heterocycles. The standard InChI is InChI=1S/C24H31FN6O2/c1-4-31(15(2)3)23(32)19-9-16(25)5-8-20(19)33-22-21(26-14-27-29-22)30-12-24(13-30)10-17-6-7-18(11-24)28-17/h5,8-9,14-15,17-18,28H,4,6-7,10-13H2,1-3H3. The van der Waals surface area contributed by atoms with E-state index in [0.717, 1.165) is 13.1 Å². The first-order chi connectivity index (χ1) is 15.9. The number of anilines is 1. The van der Waals surface area contributed by atoms with E-state index in [1.54, 1.807) is 4.90 Å². The van der Waals surface area contributed by atoms with Crippen molar-refractivity contribution >= 4 is 11.7 Å². The zero-order valence-corrected chi connectivity index (χ0v) is 19.4. The van der Waals surface area contributed by atoms with Gasteiger partial charge in [-0.2, -0.15) is 0 Å². The van der Waals surface area contributed by atoms with Crippen LogP contribution in [0.3, 0.4) is 0 Å². The van der Waals surface area contributed by atoms with Crippen LogP contribution >= 0.6 is 0 Å². The molecular formula is C24H31FN6O2. The summed E-state index contributed by atoms with van der Waals surface area (Å²) in [5.41, 5.74) is 0.479. The molecule has 0 aliphatic carbocycles. The number of amides is 1. The third-order valence-corrected chi connectivity index (χ3v) is 7.22. The molecule has 2 unspecified atom stereocenters. The Bertz CT molecular complexity index is 1030. The average Bonchev–Trinajstić information content (AvgIpc) is 3.12. The fourth-order valence-electron chi connectivity index (χ4n) is 5.83. The Morgan fingerprint density at radius 1 is 1.30 bits per heavy atom. The van der Waals surface area contributed by atoms with Gasteiger partial charge in [0.1, 0.15) is 17.9 Å². The molecule has 2 atom stereocenters. The van der Waals surface area contributed by atoms with Crippen LogP contribution in [0.1, 0.15) is 56.8 Å². The SMILES string of the molecule is CCN(C(=O)c1cc(F)ccc1Oc1nncnc1N1CC2(CC3CCC(C2)N3)C1)C(C)C. The lowest BCUT2D eigenvalue weighted by molar-refractivity contribution is 0.0713. The van der Waals surface area contributed by atoms with E-state index in [9.17, 15) is 9.18 Å². The Morgan fingerprint density at radius 3 is 2.70 bits per heavy atom. The second-order valence-corrected chi connectivity index (χ2v) is 9.92. The summed E-state index contributed by atoms with van der Waals surface area (Å²) in [6.07, 6.45) is 6.32. The van der Waals surface area contributed by atoms with Crippen LogP contribution in [0.2, 0.25) is 0 Å². The van der Waals surface area contributed by atoms with Crippen LogP contribution in [0.5, 0.6) is 11.6 Å². The Labute approximate surface area is 193 Å². The van der Waals surface area contributed by atoms with E-state index in [2.05, 4.69) is 25.4 Å². The number of fused-ring (bicyclic) bond motifs is 2. The molecule has 2 aromatic rings. The van der Waals surface area contributed by atoms with Gasteiger partial charge in [0.25, 0.3) is 11.8 Å². The van der Waals surface area contributed by atoms with Crippen molar-refractivity contribution in [2.75, 3.05) is 24.5 Å². The van der Waals surface area contributed by atoms with Crippen molar-refractivity contribution < 1.29 is 13.9 Å². The Morgan fingerprint density at radius 2 is 2.03 bits per heavy atom. The van der Waals surface area contributed by atoms with Gasteiger partial charge in [-0.05, 0) is 64.7 Å². The van der Waals surface area contributed by atoms with Crippen LogP contribution in [0.25, 0.3) is 0 Å². The lowest BCUT2D eigenvalue weighted by Gasteiger charge is -2.54. The van der Waals surface area contributed by atoms with Crippen LogP contribution in [-0.2, 0) is 0 Å². The molecule has 5 rings (SSSR count). The van der Waals surface area contributed by atoms with Crippen molar-refractivity contribution in [3.63, 3.8) is 0 Å². The fraction of sp³-hybridized carbons (Fsp3) is 0.583. The minimum absolute atomic E-state index is 0.0232. The van der Waals surface area contributed by atoms with Crippen LogP contribution in [0.4, 0.5) is 10.2 Å². The highest BCUT2D eigenvalue weighted by molar-refractivity contribution is 5.97. The number of ether oxygens (including phenoxy) is 1. The van der Waals surface area contributed by atoms with Gasteiger partial charge in [-0.15, -0.1) is 10.2 Å². The van der Waals surface area contributed by atoms with Crippen LogP contribution in [-0.4, -0.2) is 63.7 Å². The number of aromatic nitrogens is 3. The molecule has 33 heavy (non-hydrogen) atoms.